The number of aromatic nitrogens is 1. The van der Waals surface area contributed by atoms with Crippen LogP contribution in [0.1, 0.15) is 17.2 Å². The minimum atomic E-state index is 0.0648. The summed E-state index contributed by atoms with van der Waals surface area (Å²) in [4.78, 5) is 3.98. The van der Waals surface area contributed by atoms with Crippen molar-refractivity contribution in [1.29, 1.82) is 0 Å². The van der Waals surface area contributed by atoms with Crippen molar-refractivity contribution in [1.82, 2.24) is 4.98 Å². The second kappa shape index (κ2) is 4.88. The van der Waals surface area contributed by atoms with E-state index in [1.807, 2.05) is 12.1 Å². The summed E-state index contributed by atoms with van der Waals surface area (Å²) in [5.74, 6) is 0. The summed E-state index contributed by atoms with van der Waals surface area (Å²) in [5, 5.41) is 2.09. The van der Waals surface area contributed by atoms with Crippen LogP contribution >= 0.6 is 27.3 Å². The van der Waals surface area contributed by atoms with E-state index in [0.717, 1.165) is 10.2 Å². The van der Waals surface area contributed by atoms with Crippen molar-refractivity contribution in [3.8, 4) is 0 Å². The fraction of sp³-hybridized carbons (Fsp3) is 0.182. The van der Waals surface area contributed by atoms with E-state index in [9.17, 15) is 0 Å². The van der Waals surface area contributed by atoms with Crippen LogP contribution in [0.25, 0.3) is 0 Å². The summed E-state index contributed by atoms with van der Waals surface area (Å²) in [6.07, 6.45) is 4.45. The molecule has 2 rings (SSSR count). The lowest BCUT2D eigenvalue weighted by molar-refractivity contribution is 0.724. The van der Waals surface area contributed by atoms with Gasteiger partial charge in [0, 0.05) is 18.4 Å². The molecule has 0 fully saturated rings. The molecule has 1 atom stereocenters. The highest BCUT2D eigenvalue weighted by Crippen LogP contribution is 2.25. The van der Waals surface area contributed by atoms with E-state index in [1.165, 1.54) is 11.1 Å². The van der Waals surface area contributed by atoms with Gasteiger partial charge in [-0.3, -0.25) is 4.98 Å². The molecule has 0 aromatic carbocycles. The Morgan fingerprint density at radius 2 is 2.13 bits per heavy atom. The monoisotopic (exact) mass is 282 g/mol. The Hall–Kier alpha value is -0.710. The van der Waals surface area contributed by atoms with Crippen molar-refractivity contribution in [3.05, 3.63) is 50.9 Å². The molecule has 0 radical (unpaired) electrons. The van der Waals surface area contributed by atoms with Gasteiger partial charge < -0.3 is 5.73 Å². The summed E-state index contributed by atoms with van der Waals surface area (Å²) < 4.78 is 1.13. The second-order valence-electron chi connectivity index (χ2n) is 3.35. The van der Waals surface area contributed by atoms with Crippen molar-refractivity contribution in [2.45, 2.75) is 12.5 Å². The SMILES string of the molecule is NC(Cc1ccncc1)c1csc(Br)c1. The predicted octanol–water partition coefficient (Wildman–Crippen LogP) is 3.15. The minimum absolute atomic E-state index is 0.0648. The Morgan fingerprint density at radius 1 is 1.40 bits per heavy atom. The molecular weight excluding hydrogens is 272 g/mol. The maximum atomic E-state index is 6.11. The van der Waals surface area contributed by atoms with Crippen molar-refractivity contribution < 1.29 is 0 Å². The van der Waals surface area contributed by atoms with Crippen LogP contribution in [0.5, 0.6) is 0 Å². The molecule has 0 amide bonds. The number of hydrogen-bond acceptors (Lipinski definition) is 3. The number of halogens is 1. The first-order valence-corrected chi connectivity index (χ1v) is 6.31. The third-order valence-electron chi connectivity index (χ3n) is 2.22. The molecule has 1 unspecified atom stereocenters. The van der Waals surface area contributed by atoms with Crippen LogP contribution in [0.3, 0.4) is 0 Å². The van der Waals surface area contributed by atoms with E-state index >= 15 is 0 Å². The highest BCUT2D eigenvalue weighted by atomic mass is 79.9. The molecule has 2 heterocycles. The molecule has 2 N–H and O–H groups in total. The van der Waals surface area contributed by atoms with Gasteiger partial charge in [-0.2, -0.15) is 0 Å². The Balaban J connectivity index is 2.07. The molecule has 0 saturated heterocycles. The smallest absolute Gasteiger partial charge is 0.0701 e. The van der Waals surface area contributed by atoms with Gasteiger partial charge in [-0.1, -0.05) is 0 Å². The van der Waals surface area contributed by atoms with Crippen LogP contribution in [-0.2, 0) is 6.42 Å². The van der Waals surface area contributed by atoms with Crippen molar-refractivity contribution in [2.75, 3.05) is 0 Å². The molecule has 2 aromatic rings. The largest absolute Gasteiger partial charge is 0.324 e. The van der Waals surface area contributed by atoms with E-state index in [0.29, 0.717) is 0 Å². The summed E-state index contributed by atoms with van der Waals surface area (Å²) in [6, 6.07) is 6.15. The Bertz CT molecular complexity index is 427. The maximum absolute atomic E-state index is 6.11. The molecule has 4 heteroatoms. The molecule has 2 nitrogen and oxygen atoms in total. The van der Waals surface area contributed by atoms with Crippen LogP contribution in [-0.4, -0.2) is 4.98 Å². The fourth-order valence-electron chi connectivity index (χ4n) is 1.41. The first kappa shape index (κ1) is 10.8. The zero-order valence-corrected chi connectivity index (χ0v) is 10.5. The van der Waals surface area contributed by atoms with Gasteiger partial charge in [0.2, 0.25) is 0 Å². The van der Waals surface area contributed by atoms with E-state index < -0.39 is 0 Å². The van der Waals surface area contributed by atoms with Crippen LogP contribution in [0.2, 0.25) is 0 Å². The minimum Gasteiger partial charge on any atom is -0.324 e. The average Bonchev–Trinajstić information content (AvgIpc) is 2.66. The van der Waals surface area contributed by atoms with E-state index in [2.05, 4.69) is 32.4 Å². The number of hydrogen-bond donors (Lipinski definition) is 1. The van der Waals surface area contributed by atoms with E-state index in [-0.39, 0.29) is 6.04 Å². The molecule has 0 bridgehead atoms. The van der Waals surface area contributed by atoms with Crippen molar-refractivity contribution >= 4 is 27.3 Å². The topological polar surface area (TPSA) is 38.9 Å². The molecule has 0 aliphatic rings. The van der Waals surface area contributed by atoms with Gasteiger partial charge in [0.05, 0.1) is 3.79 Å². The molecule has 15 heavy (non-hydrogen) atoms. The van der Waals surface area contributed by atoms with Gasteiger partial charge in [-0.25, -0.2) is 0 Å². The van der Waals surface area contributed by atoms with E-state index in [1.54, 1.807) is 23.7 Å². The fourth-order valence-corrected chi connectivity index (χ4v) is 2.65. The summed E-state index contributed by atoms with van der Waals surface area (Å²) >= 11 is 5.11. The summed E-state index contributed by atoms with van der Waals surface area (Å²) in [5.41, 5.74) is 8.51. The zero-order valence-electron chi connectivity index (χ0n) is 8.06. The molecule has 2 aromatic heterocycles. The number of rotatable bonds is 3. The first-order valence-electron chi connectivity index (χ1n) is 4.64. The number of pyridine rings is 1. The molecule has 0 aliphatic heterocycles. The molecule has 0 saturated carbocycles. The van der Waals surface area contributed by atoms with Crippen molar-refractivity contribution in [3.63, 3.8) is 0 Å². The number of thiophene rings is 1. The van der Waals surface area contributed by atoms with Gasteiger partial charge in [-0.15, -0.1) is 11.3 Å². The number of nitrogens with two attached hydrogens (primary N) is 1. The highest BCUT2D eigenvalue weighted by Gasteiger charge is 2.08. The standard InChI is InChI=1S/C11H11BrN2S/c12-11-6-9(7-15-11)10(13)5-8-1-3-14-4-2-8/h1-4,6-7,10H,5,13H2. The third kappa shape index (κ3) is 2.87. The zero-order chi connectivity index (χ0) is 10.7. The molecule has 0 aliphatic carbocycles. The normalized spacial score (nSPS) is 12.7. The van der Waals surface area contributed by atoms with Crippen LogP contribution < -0.4 is 5.73 Å². The van der Waals surface area contributed by atoms with Crippen molar-refractivity contribution in [2.24, 2.45) is 5.73 Å². The number of nitrogens with zero attached hydrogens (tertiary/aromatic N) is 1. The maximum Gasteiger partial charge on any atom is 0.0701 e. The Kier molecular flexibility index (Phi) is 3.51. The van der Waals surface area contributed by atoms with Gasteiger partial charge in [-0.05, 0) is 57.1 Å². The van der Waals surface area contributed by atoms with Crippen LogP contribution in [0, 0.1) is 0 Å². The van der Waals surface area contributed by atoms with Gasteiger partial charge in [0.1, 0.15) is 0 Å². The van der Waals surface area contributed by atoms with Gasteiger partial charge >= 0.3 is 0 Å². The predicted molar refractivity (Wildman–Crippen MR) is 66.9 cm³/mol. The molecular formula is C11H11BrN2S. The summed E-state index contributed by atoms with van der Waals surface area (Å²) in [6.45, 7) is 0. The summed E-state index contributed by atoms with van der Waals surface area (Å²) in [7, 11) is 0. The Morgan fingerprint density at radius 3 is 2.73 bits per heavy atom. The average molecular weight is 283 g/mol. The second-order valence-corrected chi connectivity index (χ2v) is 5.64. The lowest BCUT2D eigenvalue weighted by atomic mass is 10.0. The van der Waals surface area contributed by atoms with E-state index in [4.69, 9.17) is 5.73 Å². The van der Waals surface area contributed by atoms with Gasteiger partial charge in [0.15, 0.2) is 0 Å². The highest BCUT2D eigenvalue weighted by molar-refractivity contribution is 9.11. The first-order chi connectivity index (χ1) is 7.25. The Labute approximate surface area is 101 Å². The van der Waals surface area contributed by atoms with Crippen LogP contribution in [0.4, 0.5) is 0 Å². The van der Waals surface area contributed by atoms with Gasteiger partial charge in [0.25, 0.3) is 0 Å². The lowest BCUT2D eigenvalue weighted by Crippen LogP contribution is -2.12. The third-order valence-corrected chi connectivity index (χ3v) is 3.74. The lowest BCUT2D eigenvalue weighted by Gasteiger charge is -2.09. The van der Waals surface area contributed by atoms with Crippen LogP contribution in [0.15, 0.2) is 39.8 Å². The molecule has 78 valence electrons. The quantitative estimate of drug-likeness (QED) is 0.939. The molecule has 0 spiro atoms.